The Morgan fingerprint density at radius 2 is 1.76 bits per heavy atom. The lowest BCUT2D eigenvalue weighted by Crippen LogP contribution is -2.47. The number of ether oxygens (including phenoxy) is 2. The number of carbonyl (C=O) groups is 3. The number of hydrogen-bond acceptors (Lipinski definition) is 5. The maximum atomic E-state index is 12.5. The van der Waals surface area contributed by atoms with E-state index in [1.54, 1.807) is 45.0 Å². The van der Waals surface area contributed by atoms with Crippen LogP contribution in [0.1, 0.15) is 38.1 Å². The highest BCUT2D eigenvalue weighted by Crippen LogP contribution is 2.18. The largest absolute Gasteiger partial charge is 0.496 e. The third-order valence-electron chi connectivity index (χ3n) is 3.57. The van der Waals surface area contributed by atoms with E-state index in [9.17, 15) is 14.4 Å². The minimum atomic E-state index is -0.933. The molecule has 0 fully saturated rings. The maximum absolute atomic E-state index is 12.5. The second kappa shape index (κ2) is 9.66. The molecule has 0 unspecified atom stereocenters. The Kier molecular flexibility index (Phi) is 7.91. The SMILES string of the molecule is CCNC(=O)[C@H](C)OC(=O)[C@@H](NC(=O)c1ccccc1OC)C(C)C. The summed E-state index contributed by atoms with van der Waals surface area (Å²) in [6, 6.07) is 5.84. The molecule has 1 aromatic rings. The van der Waals surface area contributed by atoms with E-state index in [-0.39, 0.29) is 11.8 Å². The lowest BCUT2D eigenvalue weighted by atomic mass is 10.0. The van der Waals surface area contributed by atoms with Crippen molar-refractivity contribution in [1.82, 2.24) is 10.6 Å². The summed E-state index contributed by atoms with van der Waals surface area (Å²) in [5.74, 6) is -1.29. The summed E-state index contributed by atoms with van der Waals surface area (Å²) >= 11 is 0. The first kappa shape index (κ1) is 20.5. The molecule has 0 aliphatic carbocycles. The Bertz CT molecular complexity index is 615. The molecule has 0 aromatic heterocycles. The van der Waals surface area contributed by atoms with E-state index in [2.05, 4.69) is 10.6 Å². The molecule has 0 heterocycles. The van der Waals surface area contributed by atoms with Crippen LogP contribution in [0.15, 0.2) is 24.3 Å². The van der Waals surface area contributed by atoms with Crippen LogP contribution >= 0.6 is 0 Å². The highest BCUT2D eigenvalue weighted by molar-refractivity contribution is 5.99. The molecule has 0 aliphatic rings. The van der Waals surface area contributed by atoms with Gasteiger partial charge in [-0.1, -0.05) is 26.0 Å². The zero-order valence-electron chi connectivity index (χ0n) is 15.3. The molecular formula is C18H26N2O5. The number of amides is 2. The summed E-state index contributed by atoms with van der Waals surface area (Å²) in [6.45, 7) is 7.27. The Morgan fingerprint density at radius 3 is 2.32 bits per heavy atom. The molecular weight excluding hydrogens is 324 g/mol. The fourth-order valence-corrected chi connectivity index (χ4v) is 2.17. The average Bonchev–Trinajstić information content (AvgIpc) is 2.58. The molecule has 2 amide bonds. The average molecular weight is 350 g/mol. The smallest absolute Gasteiger partial charge is 0.329 e. The molecule has 0 saturated carbocycles. The highest BCUT2D eigenvalue weighted by atomic mass is 16.5. The summed E-state index contributed by atoms with van der Waals surface area (Å²) in [6.07, 6.45) is -0.933. The summed E-state index contributed by atoms with van der Waals surface area (Å²) < 4.78 is 10.3. The van der Waals surface area contributed by atoms with Crippen LogP contribution in [0.2, 0.25) is 0 Å². The Balaban J connectivity index is 2.84. The second-order valence-electron chi connectivity index (χ2n) is 5.87. The van der Waals surface area contributed by atoms with Crippen molar-refractivity contribution in [2.45, 2.75) is 39.8 Å². The summed E-state index contributed by atoms with van der Waals surface area (Å²) in [5, 5.41) is 5.24. The first-order chi connectivity index (χ1) is 11.8. The summed E-state index contributed by atoms with van der Waals surface area (Å²) in [7, 11) is 1.47. The molecule has 25 heavy (non-hydrogen) atoms. The lowest BCUT2D eigenvalue weighted by Gasteiger charge is -2.23. The molecule has 0 saturated heterocycles. The number of methoxy groups -OCH3 is 1. The fourth-order valence-electron chi connectivity index (χ4n) is 2.17. The van der Waals surface area contributed by atoms with Gasteiger partial charge in [0.15, 0.2) is 6.10 Å². The van der Waals surface area contributed by atoms with Crippen LogP contribution in [0.4, 0.5) is 0 Å². The van der Waals surface area contributed by atoms with Crippen molar-refractivity contribution in [2.75, 3.05) is 13.7 Å². The maximum Gasteiger partial charge on any atom is 0.329 e. The van der Waals surface area contributed by atoms with Gasteiger partial charge in [-0.2, -0.15) is 0 Å². The molecule has 0 bridgehead atoms. The van der Waals surface area contributed by atoms with Crippen LogP contribution in [0, 0.1) is 5.92 Å². The highest BCUT2D eigenvalue weighted by Gasteiger charge is 2.29. The first-order valence-corrected chi connectivity index (χ1v) is 8.23. The van der Waals surface area contributed by atoms with Gasteiger partial charge in [0.1, 0.15) is 11.8 Å². The topological polar surface area (TPSA) is 93.7 Å². The van der Waals surface area contributed by atoms with E-state index in [1.807, 2.05) is 0 Å². The first-order valence-electron chi connectivity index (χ1n) is 8.23. The Hall–Kier alpha value is -2.57. The zero-order chi connectivity index (χ0) is 19.0. The third-order valence-corrected chi connectivity index (χ3v) is 3.57. The molecule has 0 radical (unpaired) electrons. The second-order valence-corrected chi connectivity index (χ2v) is 5.87. The predicted molar refractivity (Wildman–Crippen MR) is 93.3 cm³/mol. The minimum Gasteiger partial charge on any atom is -0.496 e. The molecule has 1 rings (SSSR count). The van der Waals surface area contributed by atoms with Crippen LogP contribution in [0.25, 0.3) is 0 Å². The van der Waals surface area contributed by atoms with Gasteiger partial charge >= 0.3 is 5.97 Å². The van der Waals surface area contributed by atoms with Gasteiger partial charge in [0.25, 0.3) is 11.8 Å². The van der Waals surface area contributed by atoms with Gasteiger partial charge < -0.3 is 20.1 Å². The van der Waals surface area contributed by atoms with Gasteiger partial charge in [-0.25, -0.2) is 4.79 Å². The van der Waals surface area contributed by atoms with Gasteiger partial charge in [-0.05, 0) is 31.9 Å². The van der Waals surface area contributed by atoms with Crippen LogP contribution in [0.5, 0.6) is 5.75 Å². The number of likely N-dealkylation sites (N-methyl/N-ethyl adjacent to an activating group) is 1. The minimum absolute atomic E-state index is 0.215. The van der Waals surface area contributed by atoms with E-state index < -0.39 is 24.0 Å². The number of rotatable bonds is 8. The van der Waals surface area contributed by atoms with Gasteiger partial charge in [-0.15, -0.1) is 0 Å². The van der Waals surface area contributed by atoms with E-state index >= 15 is 0 Å². The normalized spacial score (nSPS) is 12.9. The number of para-hydroxylation sites is 1. The van der Waals surface area contributed by atoms with Gasteiger partial charge in [-0.3, -0.25) is 9.59 Å². The van der Waals surface area contributed by atoms with Crippen molar-refractivity contribution in [3.8, 4) is 5.75 Å². The van der Waals surface area contributed by atoms with Gasteiger partial charge in [0.05, 0.1) is 12.7 Å². The molecule has 0 spiro atoms. The molecule has 2 atom stereocenters. The van der Waals surface area contributed by atoms with Crippen molar-refractivity contribution >= 4 is 17.8 Å². The number of hydrogen-bond donors (Lipinski definition) is 2. The fraction of sp³-hybridized carbons (Fsp3) is 0.500. The van der Waals surface area contributed by atoms with Crippen LogP contribution in [0.3, 0.4) is 0 Å². The summed E-state index contributed by atoms with van der Waals surface area (Å²) in [5.41, 5.74) is 0.320. The Labute approximate surface area is 148 Å². The number of benzene rings is 1. The molecule has 1 aromatic carbocycles. The molecule has 7 nitrogen and oxygen atoms in total. The quantitative estimate of drug-likeness (QED) is 0.693. The van der Waals surface area contributed by atoms with E-state index in [0.29, 0.717) is 17.9 Å². The van der Waals surface area contributed by atoms with E-state index in [1.165, 1.54) is 14.0 Å². The van der Waals surface area contributed by atoms with Crippen molar-refractivity contribution in [3.63, 3.8) is 0 Å². The van der Waals surface area contributed by atoms with E-state index in [4.69, 9.17) is 9.47 Å². The number of nitrogens with one attached hydrogen (secondary N) is 2. The van der Waals surface area contributed by atoms with Crippen LogP contribution < -0.4 is 15.4 Å². The molecule has 138 valence electrons. The van der Waals surface area contributed by atoms with E-state index in [0.717, 1.165) is 0 Å². The zero-order valence-corrected chi connectivity index (χ0v) is 15.3. The molecule has 0 aliphatic heterocycles. The summed E-state index contributed by atoms with van der Waals surface area (Å²) in [4.78, 5) is 36.6. The van der Waals surface area contributed by atoms with Gasteiger partial charge in [0, 0.05) is 6.54 Å². The Morgan fingerprint density at radius 1 is 1.12 bits per heavy atom. The van der Waals surface area contributed by atoms with Crippen molar-refractivity contribution < 1.29 is 23.9 Å². The third kappa shape index (κ3) is 5.77. The standard InChI is InChI=1S/C18H26N2O5/c1-6-19-16(21)12(4)25-18(23)15(11(2)3)20-17(22)13-9-7-8-10-14(13)24-5/h7-12,15H,6H2,1-5H3,(H,19,21)(H,20,22)/t12-,15-/m0/s1. The molecule has 7 heteroatoms. The number of carbonyl (C=O) groups excluding carboxylic acids is 3. The van der Waals surface area contributed by atoms with Crippen molar-refractivity contribution in [3.05, 3.63) is 29.8 Å². The van der Waals surface area contributed by atoms with Crippen LogP contribution in [-0.4, -0.2) is 43.6 Å². The van der Waals surface area contributed by atoms with Crippen molar-refractivity contribution in [2.24, 2.45) is 5.92 Å². The molecule has 2 N–H and O–H groups in total. The van der Waals surface area contributed by atoms with Crippen molar-refractivity contribution in [1.29, 1.82) is 0 Å². The lowest BCUT2D eigenvalue weighted by molar-refractivity contribution is -0.157. The van der Waals surface area contributed by atoms with Crippen LogP contribution in [-0.2, 0) is 14.3 Å². The van der Waals surface area contributed by atoms with Gasteiger partial charge in [0.2, 0.25) is 0 Å². The predicted octanol–water partition coefficient (Wildman–Crippen LogP) is 1.52. The monoisotopic (exact) mass is 350 g/mol. The number of esters is 1.